The number of hydrogen-bond acceptors (Lipinski definition) is 4. The number of aryl methyl sites for hydroxylation is 1. The molecule has 0 radical (unpaired) electrons. The van der Waals surface area contributed by atoms with E-state index < -0.39 is 0 Å². The van der Waals surface area contributed by atoms with Crippen LogP contribution in [0.4, 0.5) is 34.1 Å². The summed E-state index contributed by atoms with van der Waals surface area (Å²) >= 11 is 0. The third-order valence-electron chi connectivity index (χ3n) is 14.1. The predicted molar refractivity (Wildman–Crippen MR) is 274 cm³/mol. The molecule has 0 N–H and O–H groups in total. The first-order chi connectivity index (χ1) is 31.4. The normalized spacial score (nSPS) is 13.4. The van der Waals surface area contributed by atoms with Crippen molar-refractivity contribution in [3.63, 3.8) is 0 Å². The van der Waals surface area contributed by atoms with Gasteiger partial charge in [0, 0.05) is 55.7 Å². The maximum atomic E-state index is 6.90. The van der Waals surface area contributed by atoms with Gasteiger partial charge in [-0.1, -0.05) is 126 Å². The summed E-state index contributed by atoms with van der Waals surface area (Å²) in [6.07, 6.45) is 0. The first kappa shape index (κ1) is 38.1. The Labute approximate surface area is 379 Å². The number of para-hydroxylation sites is 4. The van der Waals surface area contributed by atoms with Crippen molar-refractivity contribution in [2.24, 2.45) is 0 Å². The lowest BCUT2D eigenvalue weighted by atomic mass is 9.33. The molecule has 13 rings (SSSR count). The van der Waals surface area contributed by atoms with Crippen LogP contribution in [0.3, 0.4) is 0 Å². The highest BCUT2D eigenvalue weighted by atomic mass is 16.3. The van der Waals surface area contributed by atoms with E-state index in [2.05, 4.69) is 227 Å². The fraction of sp³-hybridized carbons (Fsp3) is 0.153. The van der Waals surface area contributed by atoms with Gasteiger partial charge < -0.3 is 23.2 Å². The van der Waals surface area contributed by atoms with Crippen molar-refractivity contribution >= 4 is 112 Å². The quantitative estimate of drug-likeness (QED) is 0.165. The summed E-state index contributed by atoms with van der Waals surface area (Å²) in [6, 6.07) is 60.4. The monoisotopic (exact) mass is 841 g/mol. The van der Waals surface area contributed by atoms with E-state index in [4.69, 9.17) is 8.83 Å². The molecule has 2 aliphatic rings. The van der Waals surface area contributed by atoms with Gasteiger partial charge in [0.1, 0.15) is 16.7 Å². The lowest BCUT2D eigenvalue weighted by molar-refractivity contribution is 0.590. The second kappa shape index (κ2) is 13.3. The van der Waals surface area contributed by atoms with E-state index in [1.807, 2.05) is 0 Å². The van der Waals surface area contributed by atoms with E-state index in [9.17, 15) is 0 Å². The standard InChI is InChI=1S/C59H48BN3O2/c1-35-32-49-53-50(33-35)63-54-44(57-55(63)43-15-9-11-21-52(43)65-57)17-12-18-46(54)60(53)45-31-30-40(34-48(45)62(49)47-19-13-16-42-41-14-8-10-20-51(41)64-56(42)47)61(38-26-22-36(23-27-38)58(2,3)4)39-28-24-37(25-29-39)59(5,6)7/h8-34H,1-7H3. The summed E-state index contributed by atoms with van der Waals surface area (Å²) in [5.74, 6) is 0. The van der Waals surface area contributed by atoms with Gasteiger partial charge in [-0.2, -0.15) is 0 Å². The van der Waals surface area contributed by atoms with Crippen molar-refractivity contribution in [1.29, 1.82) is 0 Å². The summed E-state index contributed by atoms with van der Waals surface area (Å²) in [6.45, 7) is 15.9. The summed E-state index contributed by atoms with van der Waals surface area (Å²) < 4.78 is 16.2. The van der Waals surface area contributed by atoms with Crippen LogP contribution < -0.4 is 26.2 Å². The van der Waals surface area contributed by atoms with Crippen LogP contribution in [0, 0.1) is 6.92 Å². The maximum Gasteiger partial charge on any atom is 0.252 e. The van der Waals surface area contributed by atoms with Crippen LogP contribution in [0.5, 0.6) is 0 Å². The number of benzene rings is 8. The van der Waals surface area contributed by atoms with Crippen molar-refractivity contribution < 1.29 is 8.83 Å². The molecule has 6 heteroatoms. The molecule has 0 bridgehead atoms. The molecular weight excluding hydrogens is 793 g/mol. The molecule has 0 spiro atoms. The van der Waals surface area contributed by atoms with Gasteiger partial charge in [0.25, 0.3) is 6.71 Å². The Morgan fingerprint density at radius 3 is 1.71 bits per heavy atom. The number of aromatic nitrogens is 1. The van der Waals surface area contributed by atoms with Crippen molar-refractivity contribution in [3.05, 3.63) is 180 Å². The summed E-state index contributed by atoms with van der Waals surface area (Å²) in [5, 5.41) is 4.47. The fourth-order valence-electron chi connectivity index (χ4n) is 11.0. The van der Waals surface area contributed by atoms with Gasteiger partial charge in [0.15, 0.2) is 11.2 Å². The Morgan fingerprint density at radius 2 is 1.02 bits per heavy atom. The van der Waals surface area contributed by atoms with Gasteiger partial charge in [-0.25, -0.2) is 0 Å². The van der Waals surface area contributed by atoms with E-state index in [-0.39, 0.29) is 17.5 Å². The first-order valence-electron chi connectivity index (χ1n) is 22.9. The summed E-state index contributed by atoms with van der Waals surface area (Å²) in [4.78, 5) is 4.91. The van der Waals surface area contributed by atoms with Crippen LogP contribution in [0.2, 0.25) is 0 Å². The highest BCUT2D eigenvalue weighted by Crippen LogP contribution is 2.48. The molecule has 5 heterocycles. The topological polar surface area (TPSA) is 37.7 Å². The van der Waals surface area contributed by atoms with E-state index in [0.29, 0.717) is 0 Å². The summed E-state index contributed by atoms with van der Waals surface area (Å²) in [7, 11) is 0. The molecule has 314 valence electrons. The zero-order valence-electron chi connectivity index (χ0n) is 37.8. The lowest BCUT2D eigenvalue weighted by Gasteiger charge is -2.41. The van der Waals surface area contributed by atoms with E-state index >= 15 is 0 Å². The average molecular weight is 842 g/mol. The fourth-order valence-corrected chi connectivity index (χ4v) is 11.0. The van der Waals surface area contributed by atoms with Crippen molar-refractivity contribution in [1.82, 2.24) is 4.57 Å². The maximum absolute atomic E-state index is 6.90. The van der Waals surface area contributed by atoms with E-state index in [1.54, 1.807) is 0 Å². The van der Waals surface area contributed by atoms with Gasteiger partial charge in [0.2, 0.25) is 0 Å². The minimum atomic E-state index is -0.0390. The molecule has 0 aliphatic carbocycles. The van der Waals surface area contributed by atoms with E-state index in [1.165, 1.54) is 44.3 Å². The van der Waals surface area contributed by atoms with Gasteiger partial charge in [-0.3, -0.25) is 0 Å². The number of anilines is 6. The number of furan rings is 2. The van der Waals surface area contributed by atoms with Crippen molar-refractivity contribution in [2.75, 3.05) is 9.80 Å². The second-order valence-electron chi connectivity index (χ2n) is 20.3. The van der Waals surface area contributed by atoms with Crippen LogP contribution in [0.25, 0.3) is 60.6 Å². The van der Waals surface area contributed by atoms with Gasteiger partial charge >= 0.3 is 0 Å². The first-order valence-corrected chi connectivity index (χ1v) is 22.9. The molecule has 0 atom stereocenters. The Kier molecular flexibility index (Phi) is 7.79. The molecule has 5 nitrogen and oxygen atoms in total. The Morgan fingerprint density at radius 1 is 0.446 bits per heavy atom. The number of fused-ring (bicyclic) bond motifs is 12. The van der Waals surface area contributed by atoms with Gasteiger partial charge in [0.05, 0.1) is 11.2 Å². The van der Waals surface area contributed by atoms with E-state index in [0.717, 1.165) is 83.5 Å². The molecule has 3 aromatic heterocycles. The predicted octanol–water partition coefficient (Wildman–Crippen LogP) is 14.4. The zero-order chi connectivity index (χ0) is 44.1. The number of hydrogen-bond donors (Lipinski definition) is 0. The third-order valence-corrected chi connectivity index (χ3v) is 14.1. The molecule has 11 aromatic rings. The largest absolute Gasteiger partial charge is 0.454 e. The van der Waals surface area contributed by atoms with Crippen molar-refractivity contribution in [2.45, 2.75) is 59.3 Å². The Balaban J connectivity index is 1.12. The third kappa shape index (κ3) is 5.46. The molecule has 65 heavy (non-hydrogen) atoms. The smallest absolute Gasteiger partial charge is 0.252 e. The SMILES string of the molecule is Cc1cc2c3c(c1)-n1c4c(cccc4c4oc5ccccc5c41)B3c1ccc(N(c3ccc(C(C)(C)C)cc3)c3ccc(C(C)(C)C)cc3)cc1N2c1cccc2c1oc1ccccc12. The molecule has 0 unspecified atom stereocenters. The molecule has 0 saturated carbocycles. The molecule has 8 aromatic carbocycles. The highest BCUT2D eigenvalue weighted by Gasteiger charge is 2.43. The lowest BCUT2D eigenvalue weighted by Crippen LogP contribution is -2.60. The molecular formula is C59H48BN3O2. The number of rotatable bonds is 4. The van der Waals surface area contributed by atoms with Crippen LogP contribution >= 0.6 is 0 Å². The van der Waals surface area contributed by atoms with Crippen LogP contribution in [-0.2, 0) is 10.8 Å². The highest BCUT2D eigenvalue weighted by molar-refractivity contribution is 7.00. The minimum absolute atomic E-state index is 0.0322. The van der Waals surface area contributed by atoms with Crippen LogP contribution in [0.1, 0.15) is 58.2 Å². The summed E-state index contributed by atoms with van der Waals surface area (Å²) in [5.41, 5.74) is 21.3. The molecule has 0 saturated heterocycles. The molecule has 2 aliphatic heterocycles. The Bertz CT molecular complexity index is 3700. The average Bonchev–Trinajstić information content (AvgIpc) is 3.97. The van der Waals surface area contributed by atoms with Gasteiger partial charge in [-0.15, -0.1) is 0 Å². The second-order valence-corrected chi connectivity index (χ2v) is 20.3. The molecule has 0 fully saturated rings. The Hall–Kier alpha value is -7.44. The number of nitrogens with zero attached hydrogens (tertiary/aromatic N) is 3. The van der Waals surface area contributed by atoms with Crippen molar-refractivity contribution in [3.8, 4) is 5.69 Å². The van der Waals surface area contributed by atoms with Crippen LogP contribution in [0.15, 0.2) is 173 Å². The zero-order valence-corrected chi connectivity index (χ0v) is 37.8. The molecule has 0 amide bonds. The minimum Gasteiger partial charge on any atom is -0.454 e. The van der Waals surface area contributed by atoms with Gasteiger partial charge in [-0.05, 0) is 130 Å². The van der Waals surface area contributed by atoms with Crippen LogP contribution in [-0.4, -0.2) is 11.3 Å².